The van der Waals surface area contributed by atoms with Crippen LogP contribution < -0.4 is 10.1 Å². The van der Waals surface area contributed by atoms with Crippen molar-refractivity contribution in [2.45, 2.75) is 20.5 Å². The lowest BCUT2D eigenvalue weighted by atomic mass is 10.1. The molecule has 0 aliphatic heterocycles. The Hall–Kier alpha value is -2.33. The third-order valence-corrected chi connectivity index (χ3v) is 3.22. The van der Waals surface area contributed by atoms with Crippen LogP contribution in [-0.2, 0) is 16.1 Å². The fourth-order valence-electron chi connectivity index (χ4n) is 2.11. The summed E-state index contributed by atoms with van der Waals surface area (Å²) in [5.41, 5.74) is 3.87. The summed E-state index contributed by atoms with van der Waals surface area (Å²) in [6, 6.07) is 13.5. The molecule has 2 aromatic rings. The lowest BCUT2D eigenvalue weighted by Crippen LogP contribution is -2.20. The molecule has 0 unspecified atom stereocenters. The molecule has 4 nitrogen and oxygen atoms in total. The van der Waals surface area contributed by atoms with E-state index in [2.05, 4.69) is 5.32 Å². The van der Waals surface area contributed by atoms with Gasteiger partial charge in [-0.1, -0.05) is 24.3 Å². The number of aryl methyl sites for hydroxylation is 2. The number of carbonyl (C=O) groups excluding carboxylic acids is 1. The molecule has 0 bridgehead atoms. The SMILES string of the molecule is COCc1cccc(NC(=O)COc2cc(C)ccc2C)c1. The van der Waals surface area contributed by atoms with Crippen LogP contribution in [-0.4, -0.2) is 19.6 Å². The van der Waals surface area contributed by atoms with Crippen molar-refractivity contribution in [3.8, 4) is 5.75 Å². The number of rotatable bonds is 6. The fourth-order valence-corrected chi connectivity index (χ4v) is 2.11. The summed E-state index contributed by atoms with van der Waals surface area (Å²) in [5, 5.41) is 2.83. The highest BCUT2D eigenvalue weighted by atomic mass is 16.5. The van der Waals surface area contributed by atoms with E-state index in [1.54, 1.807) is 7.11 Å². The molecule has 0 saturated carbocycles. The molecular weight excluding hydrogens is 278 g/mol. The number of amides is 1. The Morgan fingerprint density at radius 3 is 2.73 bits per heavy atom. The maximum absolute atomic E-state index is 12.0. The van der Waals surface area contributed by atoms with Crippen molar-refractivity contribution >= 4 is 11.6 Å². The van der Waals surface area contributed by atoms with Gasteiger partial charge >= 0.3 is 0 Å². The number of hydrogen-bond donors (Lipinski definition) is 1. The average Bonchev–Trinajstić information content (AvgIpc) is 2.49. The molecular formula is C18H21NO3. The van der Waals surface area contributed by atoms with Crippen LogP contribution >= 0.6 is 0 Å². The molecule has 0 aromatic heterocycles. The normalized spacial score (nSPS) is 10.3. The highest BCUT2D eigenvalue weighted by Gasteiger charge is 2.06. The molecule has 0 atom stereocenters. The number of anilines is 1. The average molecular weight is 299 g/mol. The second-order valence-corrected chi connectivity index (χ2v) is 5.24. The number of nitrogens with one attached hydrogen (secondary N) is 1. The molecule has 0 spiro atoms. The summed E-state index contributed by atoms with van der Waals surface area (Å²) in [5.74, 6) is 0.554. The summed E-state index contributed by atoms with van der Waals surface area (Å²) in [6.07, 6.45) is 0. The maximum atomic E-state index is 12.0. The molecule has 0 aliphatic carbocycles. The third-order valence-electron chi connectivity index (χ3n) is 3.22. The van der Waals surface area contributed by atoms with Crippen molar-refractivity contribution in [3.05, 3.63) is 59.2 Å². The minimum absolute atomic E-state index is 0.0151. The quantitative estimate of drug-likeness (QED) is 0.888. The van der Waals surface area contributed by atoms with Gasteiger partial charge < -0.3 is 14.8 Å². The first-order chi connectivity index (χ1) is 10.6. The van der Waals surface area contributed by atoms with E-state index in [0.29, 0.717) is 6.61 Å². The van der Waals surface area contributed by atoms with Crippen molar-refractivity contribution < 1.29 is 14.3 Å². The first-order valence-electron chi connectivity index (χ1n) is 7.16. The van der Waals surface area contributed by atoms with E-state index in [1.165, 1.54) is 0 Å². The molecule has 0 aliphatic rings. The monoisotopic (exact) mass is 299 g/mol. The molecule has 0 saturated heterocycles. The Bertz CT molecular complexity index is 653. The van der Waals surface area contributed by atoms with Gasteiger partial charge in [-0.3, -0.25) is 4.79 Å². The topological polar surface area (TPSA) is 47.6 Å². The van der Waals surface area contributed by atoms with Gasteiger partial charge in [0.05, 0.1) is 6.61 Å². The van der Waals surface area contributed by atoms with E-state index < -0.39 is 0 Å². The molecule has 2 aromatic carbocycles. The lowest BCUT2D eigenvalue weighted by molar-refractivity contribution is -0.118. The van der Waals surface area contributed by atoms with E-state index >= 15 is 0 Å². The molecule has 1 amide bonds. The predicted molar refractivity (Wildman–Crippen MR) is 87.2 cm³/mol. The zero-order valence-electron chi connectivity index (χ0n) is 13.2. The molecule has 1 N–H and O–H groups in total. The van der Waals surface area contributed by atoms with Crippen LogP contribution in [0.1, 0.15) is 16.7 Å². The van der Waals surface area contributed by atoms with Crippen LogP contribution in [0.5, 0.6) is 5.75 Å². The van der Waals surface area contributed by atoms with Crippen LogP contribution in [0, 0.1) is 13.8 Å². The zero-order valence-corrected chi connectivity index (χ0v) is 13.2. The van der Waals surface area contributed by atoms with Crippen molar-refractivity contribution in [2.24, 2.45) is 0 Å². The van der Waals surface area contributed by atoms with Gasteiger partial charge in [-0.2, -0.15) is 0 Å². The first kappa shape index (κ1) is 16.0. The number of methoxy groups -OCH3 is 1. The van der Waals surface area contributed by atoms with Crippen LogP contribution in [0.3, 0.4) is 0 Å². The summed E-state index contributed by atoms with van der Waals surface area (Å²) in [7, 11) is 1.64. The van der Waals surface area contributed by atoms with Gasteiger partial charge in [0.25, 0.3) is 5.91 Å². The smallest absolute Gasteiger partial charge is 0.262 e. The van der Waals surface area contributed by atoms with E-state index in [9.17, 15) is 4.79 Å². The van der Waals surface area contributed by atoms with Gasteiger partial charge in [0.15, 0.2) is 6.61 Å². The second kappa shape index (κ2) is 7.61. The summed E-state index contributed by atoms with van der Waals surface area (Å²) in [4.78, 5) is 12.0. The highest BCUT2D eigenvalue weighted by Crippen LogP contribution is 2.19. The zero-order chi connectivity index (χ0) is 15.9. The Kier molecular flexibility index (Phi) is 5.55. The summed E-state index contributed by atoms with van der Waals surface area (Å²) < 4.78 is 10.7. The highest BCUT2D eigenvalue weighted by molar-refractivity contribution is 5.91. The van der Waals surface area contributed by atoms with Crippen LogP contribution in [0.4, 0.5) is 5.69 Å². The van der Waals surface area contributed by atoms with Crippen LogP contribution in [0.15, 0.2) is 42.5 Å². The van der Waals surface area contributed by atoms with Gasteiger partial charge in [-0.05, 0) is 48.7 Å². The van der Waals surface area contributed by atoms with Crippen molar-refractivity contribution in [2.75, 3.05) is 19.0 Å². The molecule has 0 heterocycles. The van der Waals surface area contributed by atoms with Gasteiger partial charge in [0.1, 0.15) is 5.75 Å². The fraction of sp³-hybridized carbons (Fsp3) is 0.278. The van der Waals surface area contributed by atoms with Gasteiger partial charge in [-0.25, -0.2) is 0 Å². The number of benzene rings is 2. The van der Waals surface area contributed by atoms with Gasteiger partial charge in [0.2, 0.25) is 0 Å². The molecule has 22 heavy (non-hydrogen) atoms. The third kappa shape index (κ3) is 4.60. The van der Waals surface area contributed by atoms with Crippen LogP contribution in [0.2, 0.25) is 0 Å². The molecule has 0 radical (unpaired) electrons. The van der Waals surface area contributed by atoms with E-state index in [1.807, 2.05) is 56.3 Å². The largest absolute Gasteiger partial charge is 0.483 e. The second-order valence-electron chi connectivity index (χ2n) is 5.24. The van der Waals surface area contributed by atoms with Crippen molar-refractivity contribution in [3.63, 3.8) is 0 Å². The van der Waals surface area contributed by atoms with Crippen molar-refractivity contribution in [1.29, 1.82) is 0 Å². The molecule has 116 valence electrons. The molecule has 4 heteroatoms. The maximum Gasteiger partial charge on any atom is 0.262 e. The number of ether oxygens (including phenoxy) is 2. The Morgan fingerprint density at radius 1 is 1.14 bits per heavy atom. The van der Waals surface area contributed by atoms with Crippen molar-refractivity contribution in [1.82, 2.24) is 0 Å². The molecule has 2 rings (SSSR count). The standard InChI is InChI=1S/C18H21NO3/c1-13-7-8-14(2)17(9-13)22-12-18(20)19-16-6-4-5-15(10-16)11-21-3/h4-10H,11-12H2,1-3H3,(H,19,20). The first-order valence-corrected chi connectivity index (χ1v) is 7.16. The Balaban J connectivity index is 1.93. The minimum atomic E-state index is -0.185. The Labute approximate surface area is 131 Å². The van der Waals surface area contributed by atoms with E-state index in [4.69, 9.17) is 9.47 Å². The predicted octanol–water partition coefficient (Wildman–Crippen LogP) is 3.47. The van der Waals surface area contributed by atoms with Gasteiger partial charge in [0, 0.05) is 12.8 Å². The minimum Gasteiger partial charge on any atom is -0.483 e. The van der Waals surface area contributed by atoms with Crippen LogP contribution in [0.25, 0.3) is 0 Å². The Morgan fingerprint density at radius 2 is 1.95 bits per heavy atom. The lowest BCUT2D eigenvalue weighted by Gasteiger charge is -2.11. The number of carbonyl (C=O) groups is 1. The summed E-state index contributed by atoms with van der Waals surface area (Å²) >= 11 is 0. The molecule has 0 fully saturated rings. The van der Waals surface area contributed by atoms with E-state index in [0.717, 1.165) is 28.1 Å². The van der Waals surface area contributed by atoms with Gasteiger partial charge in [-0.15, -0.1) is 0 Å². The summed E-state index contributed by atoms with van der Waals surface area (Å²) in [6.45, 7) is 4.45. The number of hydrogen-bond acceptors (Lipinski definition) is 3. The van der Waals surface area contributed by atoms with E-state index in [-0.39, 0.29) is 12.5 Å².